The summed E-state index contributed by atoms with van der Waals surface area (Å²) in [4.78, 5) is 27.8. The first-order valence-corrected chi connectivity index (χ1v) is 14.9. The highest BCUT2D eigenvalue weighted by molar-refractivity contribution is 7.92. The molecule has 3 rings (SSSR count). The van der Waals surface area contributed by atoms with Crippen molar-refractivity contribution in [3.05, 3.63) is 58.9 Å². The smallest absolute Gasteiger partial charge is 0.242 e. The van der Waals surface area contributed by atoms with E-state index in [2.05, 4.69) is 5.32 Å². The third kappa shape index (κ3) is 8.07. The largest absolute Gasteiger partial charge is 0.495 e. The summed E-state index contributed by atoms with van der Waals surface area (Å²) in [7, 11) is -2.19. The first-order chi connectivity index (χ1) is 18.0. The highest BCUT2D eigenvalue weighted by Gasteiger charge is 2.29. The third-order valence-electron chi connectivity index (χ3n) is 6.71. The minimum Gasteiger partial charge on any atom is -0.495 e. The quantitative estimate of drug-likeness (QED) is 0.407. The summed E-state index contributed by atoms with van der Waals surface area (Å²) in [5.74, 6) is -0.513. The summed E-state index contributed by atoms with van der Waals surface area (Å²) in [5.41, 5.74) is 1.05. The van der Waals surface area contributed by atoms with Crippen LogP contribution in [0.3, 0.4) is 0 Å². The first-order valence-electron chi connectivity index (χ1n) is 12.6. The number of ether oxygens (including phenoxy) is 1. The number of hydrogen-bond donors (Lipinski definition) is 1. The molecule has 1 aliphatic rings. The SMILES string of the molecule is COc1ccc(N(CCCC(=O)N(Cc2ccc(F)cc2)C(C)C(=O)NC2CCCC2)S(C)(=O)=O)cc1Cl. The van der Waals surface area contributed by atoms with E-state index in [0.29, 0.717) is 17.0 Å². The predicted molar refractivity (Wildman–Crippen MR) is 146 cm³/mol. The van der Waals surface area contributed by atoms with E-state index in [-0.39, 0.29) is 48.8 Å². The van der Waals surface area contributed by atoms with E-state index in [1.165, 1.54) is 34.5 Å². The van der Waals surface area contributed by atoms with Crippen molar-refractivity contribution in [3.8, 4) is 5.75 Å². The standard InChI is InChI=1S/C27H35ClFN3O5S/c1-19(27(34)30-22-7-4-5-8-22)31(18-20-10-12-21(29)13-11-20)26(33)9-6-16-32(38(3,35)36)23-14-15-25(37-2)24(28)17-23/h10-15,17,19,22H,4-9,16,18H2,1-3H3,(H,30,34). The molecule has 38 heavy (non-hydrogen) atoms. The Bertz CT molecular complexity index is 1220. The fourth-order valence-corrected chi connectivity index (χ4v) is 5.78. The fourth-order valence-electron chi connectivity index (χ4n) is 4.58. The predicted octanol–water partition coefficient (Wildman–Crippen LogP) is 4.51. The Labute approximate surface area is 229 Å². The zero-order valence-electron chi connectivity index (χ0n) is 22.0. The van der Waals surface area contributed by atoms with Gasteiger partial charge >= 0.3 is 0 Å². The van der Waals surface area contributed by atoms with Gasteiger partial charge in [-0.2, -0.15) is 0 Å². The van der Waals surface area contributed by atoms with E-state index in [1.807, 2.05) is 0 Å². The van der Waals surface area contributed by atoms with Crippen molar-refractivity contribution in [2.75, 3.05) is 24.2 Å². The molecular formula is C27H35ClFN3O5S. The summed E-state index contributed by atoms with van der Waals surface area (Å²) >= 11 is 6.19. The van der Waals surface area contributed by atoms with Gasteiger partial charge in [0.1, 0.15) is 17.6 Å². The number of benzene rings is 2. The molecule has 1 saturated carbocycles. The summed E-state index contributed by atoms with van der Waals surface area (Å²) in [6, 6.07) is 9.80. The maximum atomic E-state index is 13.4. The van der Waals surface area contributed by atoms with Crippen LogP contribution in [0.5, 0.6) is 5.75 Å². The molecule has 1 fully saturated rings. The molecule has 2 aromatic rings. The summed E-state index contributed by atoms with van der Waals surface area (Å²) in [6.07, 6.45) is 5.28. The van der Waals surface area contributed by atoms with Gasteiger partial charge in [-0.1, -0.05) is 36.6 Å². The number of anilines is 1. The van der Waals surface area contributed by atoms with E-state index in [1.54, 1.807) is 31.2 Å². The average Bonchev–Trinajstić information content (AvgIpc) is 3.38. The van der Waals surface area contributed by atoms with Gasteiger partial charge in [0.05, 0.1) is 24.1 Å². The molecule has 0 aliphatic heterocycles. The van der Waals surface area contributed by atoms with Gasteiger partial charge in [0.25, 0.3) is 0 Å². The van der Waals surface area contributed by atoms with Crippen molar-refractivity contribution >= 4 is 39.1 Å². The fraction of sp³-hybridized carbons (Fsp3) is 0.481. The number of nitrogens with zero attached hydrogens (tertiary/aromatic N) is 2. The minimum absolute atomic E-state index is 0.0121. The lowest BCUT2D eigenvalue weighted by Gasteiger charge is -2.30. The zero-order chi connectivity index (χ0) is 27.9. The van der Waals surface area contributed by atoms with Crippen LogP contribution < -0.4 is 14.4 Å². The zero-order valence-corrected chi connectivity index (χ0v) is 23.5. The molecular weight excluding hydrogens is 533 g/mol. The highest BCUT2D eigenvalue weighted by atomic mass is 35.5. The van der Waals surface area contributed by atoms with Crippen LogP contribution in [-0.4, -0.2) is 57.1 Å². The van der Waals surface area contributed by atoms with Gasteiger partial charge in [-0.15, -0.1) is 0 Å². The maximum Gasteiger partial charge on any atom is 0.242 e. The van der Waals surface area contributed by atoms with Crippen LogP contribution in [0.15, 0.2) is 42.5 Å². The number of amides is 2. The maximum absolute atomic E-state index is 13.4. The monoisotopic (exact) mass is 567 g/mol. The van der Waals surface area contributed by atoms with Gasteiger partial charge in [-0.3, -0.25) is 13.9 Å². The molecule has 2 amide bonds. The van der Waals surface area contributed by atoms with Gasteiger partial charge in [0, 0.05) is 25.6 Å². The number of nitrogens with one attached hydrogen (secondary N) is 1. The van der Waals surface area contributed by atoms with Gasteiger partial charge < -0.3 is 15.0 Å². The van der Waals surface area contributed by atoms with Gasteiger partial charge in [0.2, 0.25) is 21.8 Å². The van der Waals surface area contributed by atoms with Crippen LogP contribution in [0.2, 0.25) is 5.02 Å². The Balaban J connectivity index is 1.72. The Morgan fingerprint density at radius 2 is 1.82 bits per heavy atom. The number of halogens is 2. The van der Waals surface area contributed by atoms with Crippen molar-refractivity contribution in [2.24, 2.45) is 0 Å². The molecule has 0 radical (unpaired) electrons. The Morgan fingerprint density at radius 3 is 2.39 bits per heavy atom. The number of carbonyl (C=O) groups is 2. The molecule has 0 aromatic heterocycles. The van der Waals surface area contributed by atoms with Crippen molar-refractivity contribution in [1.82, 2.24) is 10.2 Å². The van der Waals surface area contributed by atoms with Gasteiger partial charge in [-0.05, 0) is 62.1 Å². The van der Waals surface area contributed by atoms with Crippen LogP contribution in [-0.2, 0) is 26.2 Å². The lowest BCUT2D eigenvalue weighted by Crippen LogP contribution is -2.49. The normalized spacial score (nSPS) is 14.7. The molecule has 0 bridgehead atoms. The highest BCUT2D eigenvalue weighted by Crippen LogP contribution is 2.30. The van der Waals surface area contributed by atoms with Crippen molar-refractivity contribution < 1.29 is 27.1 Å². The number of sulfonamides is 1. The number of carbonyl (C=O) groups excluding carboxylic acids is 2. The van der Waals surface area contributed by atoms with Gasteiger partial charge in [0.15, 0.2) is 0 Å². The Morgan fingerprint density at radius 1 is 1.16 bits per heavy atom. The van der Waals surface area contributed by atoms with E-state index < -0.39 is 21.9 Å². The summed E-state index contributed by atoms with van der Waals surface area (Å²) < 4.78 is 44.8. The molecule has 1 aliphatic carbocycles. The topological polar surface area (TPSA) is 96.0 Å². The van der Waals surface area contributed by atoms with E-state index in [0.717, 1.165) is 31.9 Å². The lowest BCUT2D eigenvalue weighted by atomic mass is 10.1. The molecule has 0 heterocycles. The van der Waals surface area contributed by atoms with Crippen molar-refractivity contribution in [2.45, 2.75) is 64.1 Å². The Kier molecular flexibility index (Phi) is 10.4. The Hall–Kier alpha value is -2.85. The molecule has 208 valence electrons. The van der Waals surface area contributed by atoms with Gasteiger partial charge in [-0.25, -0.2) is 12.8 Å². The van der Waals surface area contributed by atoms with E-state index in [9.17, 15) is 22.4 Å². The third-order valence-corrected chi connectivity index (χ3v) is 8.20. The second-order valence-electron chi connectivity index (χ2n) is 9.57. The number of rotatable bonds is 12. The lowest BCUT2D eigenvalue weighted by molar-refractivity contribution is -0.141. The minimum atomic E-state index is -3.66. The van der Waals surface area contributed by atoms with Crippen molar-refractivity contribution in [1.29, 1.82) is 0 Å². The molecule has 0 saturated heterocycles. The van der Waals surface area contributed by atoms with Crippen LogP contribution in [0.4, 0.5) is 10.1 Å². The molecule has 1 unspecified atom stereocenters. The molecule has 2 aromatic carbocycles. The van der Waals surface area contributed by atoms with Crippen molar-refractivity contribution in [3.63, 3.8) is 0 Å². The van der Waals surface area contributed by atoms with E-state index in [4.69, 9.17) is 16.3 Å². The summed E-state index contributed by atoms with van der Waals surface area (Å²) in [6.45, 7) is 1.84. The van der Waals surface area contributed by atoms with Crippen LogP contribution in [0.25, 0.3) is 0 Å². The number of methoxy groups -OCH3 is 1. The molecule has 1 N–H and O–H groups in total. The number of hydrogen-bond acceptors (Lipinski definition) is 5. The first kappa shape index (κ1) is 29.7. The molecule has 8 nitrogen and oxygen atoms in total. The molecule has 11 heteroatoms. The van der Waals surface area contributed by atoms with Crippen LogP contribution >= 0.6 is 11.6 Å². The van der Waals surface area contributed by atoms with E-state index >= 15 is 0 Å². The molecule has 0 spiro atoms. The molecule has 1 atom stereocenters. The van der Waals surface area contributed by atoms with Crippen LogP contribution in [0.1, 0.15) is 51.0 Å². The van der Waals surface area contributed by atoms with Crippen LogP contribution in [0, 0.1) is 5.82 Å². The summed E-state index contributed by atoms with van der Waals surface area (Å²) in [5, 5.41) is 3.30. The second-order valence-corrected chi connectivity index (χ2v) is 11.9. The average molecular weight is 568 g/mol. The second kappa shape index (κ2) is 13.3.